The Morgan fingerprint density at radius 1 is 1.07 bits per heavy atom. The Morgan fingerprint density at radius 3 is 2.52 bits per heavy atom. The van der Waals surface area contributed by atoms with E-state index in [0.717, 1.165) is 11.3 Å². The summed E-state index contributed by atoms with van der Waals surface area (Å²) in [5.74, 6) is -0.638. The molecule has 3 aromatic rings. The summed E-state index contributed by atoms with van der Waals surface area (Å²) in [6.45, 7) is 0. The van der Waals surface area contributed by atoms with Crippen molar-refractivity contribution in [3.63, 3.8) is 0 Å². The number of halogens is 1. The summed E-state index contributed by atoms with van der Waals surface area (Å²) < 4.78 is 24.7. The molecule has 0 saturated carbocycles. The minimum Gasteiger partial charge on any atom is -0.297 e. The quantitative estimate of drug-likeness (QED) is 0.484. The van der Waals surface area contributed by atoms with E-state index in [2.05, 4.69) is 15.5 Å². The van der Waals surface area contributed by atoms with E-state index in [1.54, 1.807) is 54.6 Å². The lowest BCUT2D eigenvalue weighted by atomic mass is 10.2. The van der Waals surface area contributed by atoms with Gasteiger partial charge in [0.05, 0.1) is 5.75 Å². The van der Waals surface area contributed by atoms with E-state index in [-0.39, 0.29) is 15.2 Å². The van der Waals surface area contributed by atoms with Crippen LogP contribution in [0.2, 0.25) is 5.02 Å². The van der Waals surface area contributed by atoms with Crippen molar-refractivity contribution in [1.82, 2.24) is 10.2 Å². The molecule has 0 atom stereocenters. The Kier molecular flexibility index (Phi) is 6.00. The highest BCUT2D eigenvalue weighted by Gasteiger charge is 2.21. The number of nitrogens with one attached hydrogen (secondary N) is 1. The third-order valence-corrected chi connectivity index (χ3v) is 6.74. The number of sulfone groups is 1. The molecule has 0 bridgehead atoms. The molecule has 6 nitrogen and oxygen atoms in total. The number of anilines is 1. The van der Waals surface area contributed by atoms with Gasteiger partial charge in [-0.3, -0.25) is 10.1 Å². The maximum Gasteiger partial charge on any atom is 0.250 e. The summed E-state index contributed by atoms with van der Waals surface area (Å²) >= 11 is 6.83. The average molecular weight is 420 g/mol. The Bertz CT molecular complexity index is 1080. The van der Waals surface area contributed by atoms with Gasteiger partial charge >= 0.3 is 0 Å². The van der Waals surface area contributed by atoms with Gasteiger partial charge < -0.3 is 0 Å². The third kappa shape index (κ3) is 5.22. The van der Waals surface area contributed by atoms with Crippen molar-refractivity contribution < 1.29 is 13.2 Å². The smallest absolute Gasteiger partial charge is 0.250 e. The summed E-state index contributed by atoms with van der Waals surface area (Å²) in [4.78, 5) is 12.0. The highest BCUT2D eigenvalue weighted by Crippen LogP contribution is 2.23. The SMILES string of the molecule is O=C(/C=C/c1ccccc1Cl)Nc1nnc(S(=O)(=O)Cc2ccccc2)s1. The van der Waals surface area contributed by atoms with Crippen LogP contribution in [-0.4, -0.2) is 24.5 Å². The second kappa shape index (κ2) is 8.43. The van der Waals surface area contributed by atoms with Gasteiger partial charge in [0.2, 0.25) is 25.2 Å². The molecule has 0 aliphatic carbocycles. The van der Waals surface area contributed by atoms with Gasteiger partial charge in [-0.2, -0.15) is 0 Å². The van der Waals surface area contributed by atoms with Crippen LogP contribution in [0.4, 0.5) is 5.13 Å². The van der Waals surface area contributed by atoms with Gasteiger partial charge in [0.25, 0.3) is 0 Å². The molecule has 138 valence electrons. The molecule has 1 aromatic heterocycles. The maximum atomic E-state index is 12.4. The second-order valence-corrected chi connectivity index (χ2v) is 9.01. The molecule has 0 fully saturated rings. The van der Waals surface area contributed by atoms with Crippen molar-refractivity contribution in [3.8, 4) is 0 Å². The first-order valence-corrected chi connectivity index (χ1v) is 10.6. The van der Waals surface area contributed by atoms with Crippen molar-refractivity contribution >= 4 is 49.9 Å². The van der Waals surface area contributed by atoms with Crippen molar-refractivity contribution in [2.24, 2.45) is 0 Å². The first kappa shape index (κ1) is 19.2. The van der Waals surface area contributed by atoms with Crippen molar-refractivity contribution in [1.29, 1.82) is 0 Å². The molecule has 0 unspecified atom stereocenters. The second-order valence-electron chi connectivity index (χ2n) is 5.46. The molecule has 0 radical (unpaired) electrons. The Hall–Kier alpha value is -2.55. The summed E-state index contributed by atoms with van der Waals surface area (Å²) in [6.07, 6.45) is 2.85. The highest BCUT2D eigenvalue weighted by atomic mass is 35.5. The van der Waals surface area contributed by atoms with Crippen LogP contribution in [0.25, 0.3) is 6.08 Å². The minimum absolute atomic E-state index is 0.107. The van der Waals surface area contributed by atoms with Gasteiger partial charge in [-0.25, -0.2) is 8.42 Å². The van der Waals surface area contributed by atoms with Crippen LogP contribution in [0, 0.1) is 0 Å². The van der Waals surface area contributed by atoms with Gasteiger partial charge in [0.1, 0.15) is 0 Å². The monoisotopic (exact) mass is 419 g/mol. The lowest BCUT2D eigenvalue weighted by Gasteiger charge is -2.00. The zero-order valence-electron chi connectivity index (χ0n) is 13.9. The van der Waals surface area contributed by atoms with Crippen molar-refractivity contribution in [3.05, 3.63) is 76.8 Å². The molecule has 0 spiro atoms. The van der Waals surface area contributed by atoms with E-state index < -0.39 is 15.7 Å². The fourth-order valence-electron chi connectivity index (χ4n) is 2.16. The Morgan fingerprint density at radius 2 is 1.78 bits per heavy atom. The van der Waals surface area contributed by atoms with Crippen LogP contribution in [0.5, 0.6) is 0 Å². The standard InChI is InChI=1S/C18H14ClN3O3S2/c19-15-9-5-4-8-14(15)10-11-16(23)20-17-21-22-18(26-17)27(24,25)12-13-6-2-1-3-7-13/h1-11H,12H2,(H,20,21,23)/b11-10+. The van der Waals surface area contributed by atoms with Crippen LogP contribution in [0.15, 0.2) is 65.0 Å². The Balaban J connectivity index is 1.67. The fraction of sp³-hybridized carbons (Fsp3) is 0.0556. The molecule has 1 amide bonds. The molecule has 9 heteroatoms. The van der Waals surface area contributed by atoms with Crippen LogP contribution in [-0.2, 0) is 20.4 Å². The molecule has 3 rings (SSSR count). The summed E-state index contributed by atoms with van der Waals surface area (Å²) in [5.41, 5.74) is 1.35. The number of carbonyl (C=O) groups excluding carboxylic acids is 1. The van der Waals surface area contributed by atoms with Gasteiger partial charge in [-0.15, -0.1) is 10.2 Å². The molecular weight excluding hydrogens is 406 g/mol. The number of carbonyl (C=O) groups is 1. The molecule has 2 aromatic carbocycles. The number of rotatable bonds is 6. The predicted octanol–water partition coefficient (Wildman–Crippen LogP) is 3.82. The lowest BCUT2D eigenvalue weighted by molar-refractivity contribution is -0.111. The molecule has 0 aliphatic rings. The van der Waals surface area contributed by atoms with Crippen molar-refractivity contribution in [2.75, 3.05) is 5.32 Å². The van der Waals surface area contributed by atoms with Crippen LogP contribution < -0.4 is 5.32 Å². The average Bonchev–Trinajstić information content (AvgIpc) is 3.11. The van der Waals surface area contributed by atoms with E-state index in [1.165, 1.54) is 6.08 Å². The van der Waals surface area contributed by atoms with Gasteiger partial charge in [-0.1, -0.05) is 71.5 Å². The number of hydrogen-bond acceptors (Lipinski definition) is 6. The van der Waals surface area contributed by atoms with E-state index in [0.29, 0.717) is 16.1 Å². The van der Waals surface area contributed by atoms with Crippen LogP contribution >= 0.6 is 22.9 Å². The van der Waals surface area contributed by atoms with Gasteiger partial charge in [0.15, 0.2) is 0 Å². The lowest BCUT2D eigenvalue weighted by Crippen LogP contribution is -2.07. The number of nitrogens with zero attached hydrogens (tertiary/aromatic N) is 2. The van der Waals surface area contributed by atoms with Crippen LogP contribution in [0.1, 0.15) is 11.1 Å². The first-order valence-electron chi connectivity index (χ1n) is 7.78. The minimum atomic E-state index is -3.63. The molecule has 0 aliphatic heterocycles. The number of aromatic nitrogens is 2. The molecule has 1 N–H and O–H groups in total. The van der Waals surface area contributed by atoms with E-state index in [4.69, 9.17) is 11.6 Å². The number of amides is 1. The summed E-state index contributed by atoms with van der Waals surface area (Å²) in [7, 11) is -3.63. The summed E-state index contributed by atoms with van der Waals surface area (Å²) in [6, 6.07) is 15.9. The zero-order valence-corrected chi connectivity index (χ0v) is 16.3. The first-order chi connectivity index (χ1) is 12.9. The predicted molar refractivity (Wildman–Crippen MR) is 106 cm³/mol. The van der Waals surface area contributed by atoms with Crippen LogP contribution in [0.3, 0.4) is 0 Å². The number of benzene rings is 2. The Labute approximate surface area is 165 Å². The van der Waals surface area contributed by atoms with Crippen molar-refractivity contribution in [2.45, 2.75) is 10.1 Å². The van der Waals surface area contributed by atoms with E-state index >= 15 is 0 Å². The topological polar surface area (TPSA) is 89.0 Å². The zero-order chi connectivity index (χ0) is 19.3. The highest BCUT2D eigenvalue weighted by molar-refractivity contribution is 7.92. The maximum absolute atomic E-state index is 12.4. The summed E-state index contributed by atoms with van der Waals surface area (Å²) in [5, 5.41) is 10.6. The fourth-order valence-corrected chi connectivity index (χ4v) is 4.68. The third-order valence-electron chi connectivity index (χ3n) is 3.42. The molecule has 0 saturated heterocycles. The van der Waals surface area contributed by atoms with Gasteiger partial charge in [-0.05, 0) is 23.3 Å². The normalized spacial score (nSPS) is 11.6. The number of hydrogen-bond donors (Lipinski definition) is 1. The molecule has 1 heterocycles. The molecular formula is C18H14ClN3O3S2. The van der Waals surface area contributed by atoms with Gasteiger partial charge in [0, 0.05) is 11.1 Å². The van der Waals surface area contributed by atoms with E-state index in [9.17, 15) is 13.2 Å². The largest absolute Gasteiger partial charge is 0.297 e. The van der Waals surface area contributed by atoms with E-state index in [1.807, 2.05) is 6.07 Å². The molecule has 27 heavy (non-hydrogen) atoms.